The van der Waals surface area contributed by atoms with Crippen molar-refractivity contribution in [3.8, 4) is 0 Å². The third kappa shape index (κ3) is 4.80. The molecule has 1 N–H and O–H groups in total. The molecule has 1 aliphatic heterocycles. The molecule has 1 saturated heterocycles. The van der Waals surface area contributed by atoms with Gasteiger partial charge in [0.25, 0.3) is 5.91 Å². The first kappa shape index (κ1) is 19.1. The number of rotatable bonds is 6. The minimum absolute atomic E-state index is 0.316. The molecule has 1 aromatic heterocycles. The molecule has 150 valence electrons. The van der Waals surface area contributed by atoms with Gasteiger partial charge in [0.1, 0.15) is 11.9 Å². The van der Waals surface area contributed by atoms with Crippen LogP contribution in [0.4, 0.5) is 10.4 Å². The van der Waals surface area contributed by atoms with Gasteiger partial charge in [-0.25, -0.2) is 4.39 Å². The average molecular weight is 394 g/mol. The van der Waals surface area contributed by atoms with Crippen molar-refractivity contribution >= 4 is 11.9 Å². The number of nitrogens with one attached hydrogen (secondary N) is 1. The Morgan fingerprint density at radius 2 is 1.76 bits per heavy atom. The van der Waals surface area contributed by atoms with Gasteiger partial charge in [0.05, 0.1) is 0 Å². The molecule has 2 heterocycles. The van der Waals surface area contributed by atoms with Crippen LogP contribution >= 0.6 is 0 Å². The summed E-state index contributed by atoms with van der Waals surface area (Å²) in [4.78, 5) is 14.8. The number of carbonyl (C=O) groups is 1. The third-order valence-corrected chi connectivity index (χ3v) is 5.05. The van der Waals surface area contributed by atoms with Crippen molar-refractivity contribution in [2.75, 3.05) is 18.0 Å². The van der Waals surface area contributed by atoms with E-state index in [2.05, 4.69) is 20.4 Å². The van der Waals surface area contributed by atoms with Crippen molar-refractivity contribution in [2.24, 2.45) is 0 Å². The molecule has 0 bridgehead atoms. The van der Waals surface area contributed by atoms with Crippen molar-refractivity contribution in [1.29, 1.82) is 0 Å². The van der Waals surface area contributed by atoms with Gasteiger partial charge in [-0.3, -0.25) is 4.79 Å². The molecule has 3 aromatic rings. The van der Waals surface area contributed by atoms with Crippen LogP contribution in [0.25, 0.3) is 0 Å². The first-order valence-corrected chi connectivity index (χ1v) is 9.88. The van der Waals surface area contributed by atoms with Crippen LogP contribution in [0.5, 0.6) is 0 Å². The SMILES string of the molecule is O=C(NC(Cc1ccccc1)c1nnc(N2CCCCC2)o1)c1ccc(F)cc1. The maximum Gasteiger partial charge on any atom is 0.318 e. The van der Waals surface area contributed by atoms with Crippen molar-refractivity contribution in [3.05, 3.63) is 77.4 Å². The largest absolute Gasteiger partial charge is 0.406 e. The molecule has 1 unspecified atom stereocenters. The second-order valence-electron chi connectivity index (χ2n) is 7.19. The van der Waals surface area contributed by atoms with Gasteiger partial charge in [-0.2, -0.15) is 0 Å². The normalized spacial score (nSPS) is 15.1. The number of nitrogens with zero attached hydrogens (tertiary/aromatic N) is 3. The minimum atomic E-state index is -0.485. The van der Waals surface area contributed by atoms with Crippen LogP contribution in [-0.4, -0.2) is 29.2 Å². The van der Waals surface area contributed by atoms with Crippen molar-refractivity contribution in [2.45, 2.75) is 31.7 Å². The molecule has 4 rings (SSSR count). The summed E-state index contributed by atoms with van der Waals surface area (Å²) in [5.41, 5.74) is 1.41. The first-order valence-electron chi connectivity index (χ1n) is 9.88. The summed E-state index contributed by atoms with van der Waals surface area (Å²) in [6, 6.07) is 15.3. The highest BCUT2D eigenvalue weighted by molar-refractivity contribution is 5.94. The summed E-state index contributed by atoms with van der Waals surface area (Å²) in [6.07, 6.45) is 3.93. The van der Waals surface area contributed by atoms with Crippen molar-refractivity contribution in [1.82, 2.24) is 15.5 Å². The maximum absolute atomic E-state index is 13.2. The number of halogens is 1. The van der Waals surface area contributed by atoms with Crippen molar-refractivity contribution < 1.29 is 13.6 Å². The zero-order valence-corrected chi connectivity index (χ0v) is 16.1. The summed E-state index contributed by atoms with van der Waals surface area (Å²) < 4.78 is 19.1. The average Bonchev–Trinajstić information content (AvgIpc) is 3.25. The molecule has 1 atom stereocenters. The van der Waals surface area contributed by atoms with Crippen LogP contribution in [0.15, 0.2) is 59.0 Å². The Balaban J connectivity index is 1.55. The zero-order valence-electron chi connectivity index (χ0n) is 16.1. The lowest BCUT2D eigenvalue weighted by molar-refractivity contribution is 0.0930. The second kappa shape index (κ2) is 8.86. The fraction of sp³-hybridized carbons (Fsp3) is 0.318. The lowest BCUT2D eigenvalue weighted by atomic mass is 10.1. The lowest BCUT2D eigenvalue weighted by Crippen LogP contribution is -2.30. The predicted molar refractivity (Wildman–Crippen MR) is 107 cm³/mol. The number of carbonyl (C=O) groups excluding carboxylic acids is 1. The van der Waals surface area contributed by atoms with E-state index in [0.29, 0.717) is 23.9 Å². The van der Waals surface area contributed by atoms with E-state index in [1.165, 1.54) is 30.7 Å². The van der Waals surface area contributed by atoms with E-state index in [-0.39, 0.29) is 11.7 Å². The standard InChI is InChI=1S/C22H23FN4O2/c23-18-11-9-17(10-12-18)20(28)24-19(15-16-7-3-1-4-8-16)21-25-26-22(29-21)27-13-5-2-6-14-27/h1,3-4,7-12,19H,2,5-6,13-15H2,(H,24,28). The molecule has 6 nitrogen and oxygen atoms in total. The number of hydrogen-bond acceptors (Lipinski definition) is 5. The predicted octanol–water partition coefficient (Wildman–Crippen LogP) is 3.91. The Labute approximate surface area is 168 Å². The molecular formula is C22H23FN4O2. The number of amides is 1. The monoisotopic (exact) mass is 394 g/mol. The lowest BCUT2D eigenvalue weighted by Gasteiger charge is -2.24. The van der Waals surface area contributed by atoms with Crippen LogP contribution in [0.1, 0.15) is 47.1 Å². The van der Waals surface area contributed by atoms with E-state index < -0.39 is 6.04 Å². The highest BCUT2D eigenvalue weighted by atomic mass is 19.1. The van der Waals surface area contributed by atoms with Gasteiger partial charge in [0.15, 0.2) is 0 Å². The molecule has 29 heavy (non-hydrogen) atoms. The second-order valence-corrected chi connectivity index (χ2v) is 7.19. The number of aromatic nitrogens is 2. The Hall–Kier alpha value is -3.22. The van der Waals surface area contributed by atoms with E-state index >= 15 is 0 Å². The topological polar surface area (TPSA) is 71.3 Å². The van der Waals surface area contributed by atoms with Gasteiger partial charge < -0.3 is 14.6 Å². The van der Waals surface area contributed by atoms with Crippen LogP contribution in [0.3, 0.4) is 0 Å². The number of hydrogen-bond donors (Lipinski definition) is 1. The van der Waals surface area contributed by atoms with Gasteiger partial charge in [-0.05, 0) is 49.1 Å². The summed E-state index contributed by atoms with van der Waals surface area (Å²) in [7, 11) is 0. The van der Waals surface area contributed by atoms with Gasteiger partial charge in [0, 0.05) is 25.1 Å². The van der Waals surface area contributed by atoms with Crippen molar-refractivity contribution in [3.63, 3.8) is 0 Å². The van der Waals surface area contributed by atoms with E-state index in [9.17, 15) is 9.18 Å². The van der Waals surface area contributed by atoms with Gasteiger partial charge in [-0.1, -0.05) is 35.4 Å². The van der Waals surface area contributed by atoms with Gasteiger partial charge >= 0.3 is 6.01 Å². The third-order valence-electron chi connectivity index (χ3n) is 5.05. The summed E-state index contributed by atoms with van der Waals surface area (Å²) in [6.45, 7) is 1.79. The fourth-order valence-corrected chi connectivity index (χ4v) is 3.47. The minimum Gasteiger partial charge on any atom is -0.406 e. The molecule has 0 spiro atoms. The fourth-order valence-electron chi connectivity index (χ4n) is 3.47. The Bertz CT molecular complexity index is 937. The Morgan fingerprint density at radius 1 is 1.03 bits per heavy atom. The van der Waals surface area contributed by atoms with Crippen LogP contribution in [0.2, 0.25) is 0 Å². The summed E-state index contributed by atoms with van der Waals surface area (Å²) >= 11 is 0. The van der Waals surface area contributed by atoms with E-state index in [1.54, 1.807) is 0 Å². The van der Waals surface area contributed by atoms with E-state index in [1.807, 2.05) is 30.3 Å². The number of anilines is 1. The Morgan fingerprint density at radius 3 is 2.48 bits per heavy atom. The molecule has 1 amide bonds. The molecule has 1 fully saturated rings. The number of benzene rings is 2. The van der Waals surface area contributed by atoms with Gasteiger partial charge in [0.2, 0.25) is 5.89 Å². The zero-order chi connectivity index (χ0) is 20.1. The highest BCUT2D eigenvalue weighted by Crippen LogP contribution is 2.24. The molecule has 7 heteroatoms. The molecular weight excluding hydrogens is 371 g/mol. The molecule has 0 aliphatic carbocycles. The smallest absolute Gasteiger partial charge is 0.318 e. The van der Waals surface area contributed by atoms with Gasteiger partial charge in [-0.15, -0.1) is 5.10 Å². The highest BCUT2D eigenvalue weighted by Gasteiger charge is 2.24. The maximum atomic E-state index is 13.2. The Kier molecular flexibility index (Phi) is 5.84. The molecule has 1 aliphatic rings. The van der Waals surface area contributed by atoms with Crippen LogP contribution in [0, 0.1) is 5.82 Å². The van der Waals surface area contributed by atoms with E-state index in [4.69, 9.17) is 4.42 Å². The summed E-state index contributed by atoms with van der Waals surface area (Å²) in [5, 5.41) is 11.4. The summed E-state index contributed by atoms with van der Waals surface area (Å²) in [5.74, 6) is -0.334. The quantitative estimate of drug-likeness (QED) is 0.686. The first-order chi connectivity index (χ1) is 14.2. The molecule has 2 aromatic carbocycles. The molecule has 0 saturated carbocycles. The van der Waals surface area contributed by atoms with Crippen LogP contribution in [-0.2, 0) is 6.42 Å². The molecule has 0 radical (unpaired) electrons. The van der Waals surface area contributed by atoms with Crippen LogP contribution < -0.4 is 10.2 Å². The van der Waals surface area contributed by atoms with E-state index in [0.717, 1.165) is 31.5 Å². The number of piperidine rings is 1.